The minimum absolute atomic E-state index is 0.00359. The third kappa shape index (κ3) is 6.24. The van der Waals surface area contributed by atoms with Crippen molar-refractivity contribution in [2.45, 2.75) is 44.4 Å². The first-order valence-electron chi connectivity index (χ1n) is 14.4. The van der Waals surface area contributed by atoms with Crippen LogP contribution in [0, 0.1) is 5.92 Å². The molecule has 2 bridgehead atoms. The van der Waals surface area contributed by atoms with Crippen LogP contribution in [0.1, 0.15) is 53.1 Å². The van der Waals surface area contributed by atoms with Crippen molar-refractivity contribution in [3.63, 3.8) is 0 Å². The molecule has 1 aromatic carbocycles. The number of hydrogen-bond donors (Lipinski definition) is 1. The Morgan fingerprint density at radius 1 is 1.07 bits per heavy atom. The van der Waals surface area contributed by atoms with Crippen LogP contribution in [0.3, 0.4) is 0 Å². The largest absolute Gasteiger partial charge is 0.502 e. The summed E-state index contributed by atoms with van der Waals surface area (Å²) < 4.78 is 19.0. The number of ether oxygens (including phenoxy) is 2. The minimum Gasteiger partial charge on any atom is -0.502 e. The molecule has 0 amide bonds. The molecule has 0 spiro atoms. The van der Waals surface area contributed by atoms with E-state index in [9.17, 15) is 19.5 Å². The van der Waals surface area contributed by atoms with Crippen LogP contribution in [-0.4, -0.2) is 45.7 Å². The van der Waals surface area contributed by atoms with E-state index in [1.807, 2.05) is 28.8 Å². The number of likely N-dealkylation sites (tertiary alicyclic amines) is 1. The van der Waals surface area contributed by atoms with Crippen LogP contribution in [0.25, 0.3) is 0 Å². The Morgan fingerprint density at radius 2 is 1.93 bits per heavy atom. The summed E-state index contributed by atoms with van der Waals surface area (Å²) in [7, 11) is 1.29. The van der Waals surface area contributed by atoms with E-state index in [0.29, 0.717) is 42.6 Å². The molecule has 0 radical (unpaired) electrons. The van der Waals surface area contributed by atoms with E-state index in [-0.39, 0.29) is 30.3 Å². The lowest BCUT2D eigenvalue weighted by molar-refractivity contribution is -0.140. The lowest BCUT2D eigenvalue weighted by Gasteiger charge is -2.42. The number of methoxy groups -OCH3 is 1. The summed E-state index contributed by atoms with van der Waals surface area (Å²) in [5.74, 6) is -0.421. The Hall–Kier alpha value is -4.70. The lowest BCUT2D eigenvalue weighted by atomic mass is 9.83. The summed E-state index contributed by atoms with van der Waals surface area (Å²) in [5.41, 5.74) is 1.85. The highest BCUT2D eigenvalue weighted by Gasteiger charge is 2.35. The molecule has 43 heavy (non-hydrogen) atoms. The number of carbonyl (C=O) groups excluding carboxylic acids is 1. The predicted molar refractivity (Wildman–Crippen MR) is 157 cm³/mol. The van der Waals surface area contributed by atoms with Crippen LogP contribution in [0.4, 0.5) is 0 Å². The van der Waals surface area contributed by atoms with Gasteiger partial charge in [-0.25, -0.2) is 0 Å². The fourth-order valence-electron chi connectivity index (χ4n) is 6.29. The van der Waals surface area contributed by atoms with E-state index in [0.717, 1.165) is 24.4 Å². The van der Waals surface area contributed by atoms with Crippen LogP contribution in [0.15, 0.2) is 86.9 Å². The van der Waals surface area contributed by atoms with Gasteiger partial charge in [-0.1, -0.05) is 24.3 Å². The topological polar surface area (TPSA) is 124 Å². The van der Waals surface area contributed by atoms with E-state index in [2.05, 4.69) is 9.88 Å². The zero-order valence-electron chi connectivity index (χ0n) is 23.8. The van der Waals surface area contributed by atoms with E-state index >= 15 is 0 Å². The van der Waals surface area contributed by atoms with Gasteiger partial charge in [-0.05, 0) is 48.2 Å². The first-order valence-corrected chi connectivity index (χ1v) is 14.4. The Kier molecular flexibility index (Phi) is 8.11. The zero-order valence-corrected chi connectivity index (χ0v) is 23.8. The van der Waals surface area contributed by atoms with Gasteiger partial charge in [0.2, 0.25) is 11.2 Å². The predicted octanol–water partition coefficient (Wildman–Crippen LogP) is 3.80. The summed E-state index contributed by atoms with van der Waals surface area (Å²) in [4.78, 5) is 44.4. The maximum absolute atomic E-state index is 13.0. The number of nitrogens with zero attached hydrogens (tertiary/aromatic N) is 3. The number of fused-ring (bicyclic) bond motifs is 4. The van der Waals surface area contributed by atoms with Crippen molar-refractivity contribution >= 4 is 5.97 Å². The van der Waals surface area contributed by atoms with Gasteiger partial charge < -0.3 is 23.6 Å². The van der Waals surface area contributed by atoms with Gasteiger partial charge in [0, 0.05) is 49.6 Å². The van der Waals surface area contributed by atoms with E-state index in [4.69, 9.17) is 13.9 Å². The number of carbonyl (C=O) groups is 1. The molecule has 2 aliphatic rings. The van der Waals surface area contributed by atoms with Gasteiger partial charge in [-0.15, -0.1) is 0 Å². The van der Waals surface area contributed by atoms with Crippen molar-refractivity contribution in [3.05, 3.63) is 122 Å². The smallest absolute Gasteiger partial charge is 0.306 e. The van der Waals surface area contributed by atoms with Crippen molar-refractivity contribution in [3.8, 4) is 11.5 Å². The second-order valence-electron chi connectivity index (χ2n) is 11.2. The molecule has 0 saturated carbocycles. The highest BCUT2D eigenvalue weighted by atomic mass is 16.5. The number of piperidine rings is 1. The monoisotopic (exact) mass is 583 g/mol. The van der Waals surface area contributed by atoms with Gasteiger partial charge in [-0.2, -0.15) is 0 Å². The third-order valence-corrected chi connectivity index (χ3v) is 8.22. The number of aromatic hydroxyl groups is 1. The molecule has 222 valence electrons. The molecule has 5 heterocycles. The van der Waals surface area contributed by atoms with Gasteiger partial charge >= 0.3 is 5.97 Å². The molecule has 0 aliphatic carbocycles. The van der Waals surface area contributed by atoms with Gasteiger partial charge in [0.1, 0.15) is 18.1 Å². The molecule has 0 unspecified atom stereocenters. The van der Waals surface area contributed by atoms with Gasteiger partial charge in [0.05, 0.1) is 31.7 Å². The third-order valence-electron chi connectivity index (χ3n) is 8.22. The molecule has 1 fully saturated rings. The van der Waals surface area contributed by atoms with Crippen LogP contribution >= 0.6 is 0 Å². The SMILES string of the molecule is COC(=O)C[C@@H](c1cccc(OCc2ccccn2)c1)c1oc(CN2C[C@@H]3C[C@H](C2)c2cccc(=O)n2C3)cc(=O)c1O. The molecule has 3 aromatic heterocycles. The Balaban J connectivity index is 1.27. The van der Waals surface area contributed by atoms with Crippen molar-refractivity contribution < 1.29 is 23.8 Å². The van der Waals surface area contributed by atoms with Gasteiger partial charge in [-0.3, -0.25) is 24.3 Å². The standard InChI is InChI=1S/C33H33N3O7/c1-41-31(39)15-27(22-6-4-8-25(13-22)42-20-24-7-2-3-11-34-24)33-32(40)29(37)14-26(43-33)19-35-16-21-12-23(18-35)28-9-5-10-30(38)36(28)17-21/h2-11,13-14,21,23,27,40H,12,15-20H2,1H3/t21-,23+,27-/m0/s1. The summed E-state index contributed by atoms with van der Waals surface area (Å²) in [6.45, 7) is 2.72. The van der Waals surface area contributed by atoms with Crippen LogP contribution in [-0.2, 0) is 29.2 Å². The number of rotatable bonds is 9. The summed E-state index contributed by atoms with van der Waals surface area (Å²) >= 11 is 0. The Morgan fingerprint density at radius 3 is 2.74 bits per heavy atom. The first kappa shape index (κ1) is 28.4. The minimum atomic E-state index is -0.794. The van der Waals surface area contributed by atoms with Crippen LogP contribution in [0.5, 0.6) is 11.5 Å². The summed E-state index contributed by atoms with van der Waals surface area (Å²) in [6, 6.07) is 19.4. The van der Waals surface area contributed by atoms with Crippen molar-refractivity contribution in [1.29, 1.82) is 0 Å². The number of hydrogen-bond acceptors (Lipinski definition) is 9. The molecular weight excluding hydrogens is 550 g/mol. The van der Waals surface area contributed by atoms with Crippen molar-refractivity contribution in [2.75, 3.05) is 20.2 Å². The zero-order chi connectivity index (χ0) is 29.9. The molecule has 1 N–H and O–H groups in total. The number of pyridine rings is 2. The van der Waals surface area contributed by atoms with E-state index in [1.165, 1.54) is 13.2 Å². The normalized spacial score (nSPS) is 18.4. The summed E-state index contributed by atoms with van der Waals surface area (Å²) in [6.07, 6.45) is 2.54. The maximum atomic E-state index is 13.0. The van der Waals surface area contributed by atoms with Crippen LogP contribution in [0.2, 0.25) is 0 Å². The molecule has 2 aliphatic heterocycles. The number of esters is 1. The molecule has 1 saturated heterocycles. The fourth-order valence-corrected chi connectivity index (χ4v) is 6.29. The highest BCUT2D eigenvalue weighted by molar-refractivity contribution is 5.71. The summed E-state index contributed by atoms with van der Waals surface area (Å²) in [5, 5.41) is 10.9. The second kappa shape index (κ2) is 12.3. The van der Waals surface area contributed by atoms with E-state index < -0.39 is 23.1 Å². The quantitative estimate of drug-likeness (QED) is 0.293. The first-order chi connectivity index (χ1) is 20.9. The van der Waals surface area contributed by atoms with E-state index in [1.54, 1.807) is 42.6 Å². The molecule has 4 aromatic rings. The molecule has 10 heteroatoms. The van der Waals surface area contributed by atoms with Gasteiger partial charge in [0.25, 0.3) is 5.56 Å². The second-order valence-corrected chi connectivity index (χ2v) is 11.2. The molecule has 3 atom stereocenters. The number of benzene rings is 1. The maximum Gasteiger partial charge on any atom is 0.306 e. The van der Waals surface area contributed by atoms with Gasteiger partial charge in [0.15, 0.2) is 5.76 Å². The Labute approximate surface area is 248 Å². The Bertz CT molecular complexity index is 1730. The highest BCUT2D eigenvalue weighted by Crippen LogP contribution is 2.37. The molecule has 10 nitrogen and oxygen atoms in total. The average Bonchev–Trinajstić information content (AvgIpc) is 3.02. The number of aromatic nitrogens is 2. The van der Waals surface area contributed by atoms with Crippen molar-refractivity contribution in [2.24, 2.45) is 5.92 Å². The molecular formula is C33H33N3O7. The average molecular weight is 584 g/mol. The fraction of sp³-hybridized carbons (Fsp3) is 0.333. The lowest BCUT2D eigenvalue weighted by Crippen LogP contribution is -2.46. The van der Waals surface area contributed by atoms with Crippen molar-refractivity contribution in [1.82, 2.24) is 14.5 Å². The van der Waals surface area contributed by atoms with Crippen LogP contribution < -0.4 is 15.7 Å². The molecule has 6 rings (SSSR count).